The smallest absolute Gasteiger partial charge is 0.411 e. The largest absolute Gasteiger partial charge is 0.522 e. The number of halogens is 3. The van der Waals surface area contributed by atoms with E-state index in [1.165, 1.54) is 6.21 Å². The van der Waals surface area contributed by atoms with Crippen molar-refractivity contribution in [2.75, 3.05) is 20.6 Å². The maximum absolute atomic E-state index is 10.7. The van der Waals surface area contributed by atoms with Gasteiger partial charge in [-0.25, -0.2) is 0 Å². The molecule has 2 N–H and O–H groups in total. The topological polar surface area (TPSA) is 103 Å². The highest BCUT2D eigenvalue weighted by Crippen LogP contribution is 2.20. The van der Waals surface area contributed by atoms with Crippen molar-refractivity contribution in [2.24, 2.45) is 16.1 Å². The molecule has 0 amide bonds. The van der Waals surface area contributed by atoms with Gasteiger partial charge in [-0.15, -0.1) is 0 Å². The van der Waals surface area contributed by atoms with Gasteiger partial charge in [0.25, 0.3) is 0 Å². The van der Waals surface area contributed by atoms with E-state index >= 15 is 0 Å². The van der Waals surface area contributed by atoms with Gasteiger partial charge in [0.2, 0.25) is 0 Å². The SMILES string of the molecule is CC(C)CCN=C(/C=N/O)N(C)C.O=S(=O)(O)C(F)(F)F. The molecule has 0 atom stereocenters. The van der Waals surface area contributed by atoms with Crippen molar-refractivity contribution in [1.82, 2.24) is 4.90 Å². The van der Waals surface area contributed by atoms with Crippen LogP contribution in [0, 0.1) is 5.92 Å². The Bertz CT molecular complexity index is 445. The Morgan fingerprint density at radius 1 is 1.33 bits per heavy atom. The first-order chi connectivity index (χ1) is 9.32. The summed E-state index contributed by atoms with van der Waals surface area (Å²) in [5, 5.41) is 11.3. The van der Waals surface area contributed by atoms with Crippen LogP contribution >= 0.6 is 0 Å². The fraction of sp³-hybridized carbons (Fsp3) is 0.800. The van der Waals surface area contributed by atoms with Crippen LogP contribution in [-0.4, -0.2) is 61.3 Å². The second-order valence-electron chi connectivity index (χ2n) is 4.48. The van der Waals surface area contributed by atoms with Crippen molar-refractivity contribution in [2.45, 2.75) is 25.8 Å². The van der Waals surface area contributed by atoms with Crippen molar-refractivity contribution in [3.8, 4) is 0 Å². The fourth-order valence-corrected chi connectivity index (χ4v) is 0.787. The Morgan fingerprint density at radius 2 is 1.76 bits per heavy atom. The van der Waals surface area contributed by atoms with E-state index < -0.39 is 15.6 Å². The predicted molar refractivity (Wildman–Crippen MR) is 73.3 cm³/mol. The summed E-state index contributed by atoms with van der Waals surface area (Å²) in [5.74, 6) is 1.35. The molecule has 0 bridgehead atoms. The summed E-state index contributed by atoms with van der Waals surface area (Å²) in [6, 6.07) is 0. The minimum Gasteiger partial charge on any atom is -0.411 e. The van der Waals surface area contributed by atoms with Gasteiger partial charge in [-0.1, -0.05) is 19.0 Å². The number of rotatable bonds is 4. The Labute approximate surface area is 121 Å². The summed E-state index contributed by atoms with van der Waals surface area (Å²) in [5.41, 5.74) is -5.53. The van der Waals surface area contributed by atoms with Gasteiger partial charge in [-0.3, -0.25) is 9.55 Å². The quantitative estimate of drug-likeness (QED) is 0.204. The Morgan fingerprint density at radius 3 is 2.00 bits per heavy atom. The molecule has 0 aromatic heterocycles. The highest BCUT2D eigenvalue weighted by atomic mass is 32.2. The van der Waals surface area contributed by atoms with Crippen molar-refractivity contribution >= 4 is 22.2 Å². The number of hydrogen-bond acceptors (Lipinski definition) is 5. The van der Waals surface area contributed by atoms with Gasteiger partial charge in [0.15, 0.2) is 0 Å². The third kappa shape index (κ3) is 12.1. The van der Waals surface area contributed by atoms with Crippen molar-refractivity contribution < 1.29 is 31.3 Å². The standard InChI is InChI=1S/C9H19N3O.CHF3O3S/c1-8(2)5-6-10-9(7-11-13)12(3)4;2-1(3,4)8(5,6)7/h7-8,13H,5-6H2,1-4H3;(H,5,6,7)/b10-9?,11-7+;. The molecular formula is C10H20F3N3O4S. The average Bonchev–Trinajstić information content (AvgIpc) is 2.25. The lowest BCUT2D eigenvalue weighted by Gasteiger charge is -2.11. The second kappa shape index (κ2) is 9.55. The molecule has 0 rings (SSSR count). The van der Waals surface area contributed by atoms with Crippen LogP contribution in [0.25, 0.3) is 0 Å². The third-order valence-corrected chi connectivity index (χ3v) is 2.49. The van der Waals surface area contributed by atoms with Gasteiger partial charge < -0.3 is 10.1 Å². The highest BCUT2D eigenvalue weighted by Gasteiger charge is 2.44. The van der Waals surface area contributed by atoms with Gasteiger partial charge in [0.05, 0.1) is 0 Å². The molecule has 7 nitrogen and oxygen atoms in total. The van der Waals surface area contributed by atoms with Crippen molar-refractivity contribution in [3.63, 3.8) is 0 Å². The number of amidine groups is 1. The normalized spacial score (nSPS) is 13.3. The molecule has 0 aromatic rings. The Kier molecular flexibility index (Phi) is 9.98. The van der Waals surface area contributed by atoms with E-state index in [0.717, 1.165) is 13.0 Å². The van der Waals surface area contributed by atoms with E-state index in [9.17, 15) is 13.2 Å². The van der Waals surface area contributed by atoms with E-state index in [1.807, 2.05) is 19.0 Å². The molecule has 0 saturated carbocycles. The molecule has 0 aliphatic heterocycles. The van der Waals surface area contributed by atoms with E-state index in [1.54, 1.807) is 0 Å². The van der Waals surface area contributed by atoms with Gasteiger partial charge in [0.1, 0.15) is 12.1 Å². The van der Waals surface area contributed by atoms with Crippen molar-refractivity contribution in [3.05, 3.63) is 0 Å². The predicted octanol–water partition coefficient (Wildman–Crippen LogP) is 1.85. The zero-order chi connectivity index (χ0) is 17.3. The van der Waals surface area contributed by atoms with E-state index in [0.29, 0.717) is 11.8 Å². The molecule has 126 valence electrons. The molecule has 0 aromatic carbocycles. The van der Waals surface area contributed by atoms with Crippen LogP contribution in [0.15, 0.2) is 10.1 Å². The van der Waals surface area contributed by atoms with Crippen LogP contribution in [0.1, 0.15) is 20.3 Å². The van der Waals surface area contributed by atoms with E-state index in [4.69, 9.17) is 18.2 Å². The number of oxime groups is 1. The first-order valence-electron chi connectivity index (χ1n) is 5.75. The Balaban J connectivity index is 0. The fourth-order valence-electron chi connectivity index (χ4n) is 0.787. The number of aliphatic imine (C=N–C) groups is 1. The minimum atomic E-state index is -5.84. The first kappa shape index (κ1) is 21.9. The molecule has 0 radical (unpaired) electrons. The van der Waals surface area contributed by atoms with Gasteiger partial charge in [-0.2, -0.15) is 21.6 Å². The van der Waals surface area contributed by atoms with Gasteiger partial charge >= 0.3 is 15.6 Å². The lowest BCUT2D eigenvalue weighted by Crippen LogP contribution is -2.23. The number of hydrogen-bond donors (Lipinski definition) is 2. The second-order valence-corrected chi connectivity index (χ2v) is 5.90. The lowest BCUT2D eigenvalue weighted by atomic mass is 10.1. The van der Waals surface area contributed by atoms with Crippen LogP contribution in [-0.2, 0) is 10.1 Å². The third-order valence-electron chi connectivity index (χ3n) is 1.90. The molecule has 0 spiro atoms. The summed E-state index contributed by atoms with van der Waals surface area (Å²) < 4.78 is 57.5. The van der Waals surface area contributed by atoms with Crippen LogP contribution < -0.4 is 0 Å². The van der Waals surface area contributed by atoms with Crippen LogP contribution in [0.3, 0.4) is 0 Å². The number of alkyl halides is 3. The zero-order valence-corrected chi connectivity index (χ0v) is 13.0. The minimum absolute atomic E-state index is 0.651. The maximum atomic E-state index is 10.7. The molecule has 0 fully saturated rings. The summed E-state index contributed by atoms with van der Waals surface area (Å²) in [4.78, 5) is 6.11. The average molecular weight is 335 g/mol. The van der Waals surface area contributed by atoms with Crippen LogP contribution in [0.5, 0.6) is 0 Å². The van der Waals surface area contributed by atoms with Crippen LogP contribution in [0.2, 0.25) is 0 Å². The van der Waals surface area contributed by atoms with E-state index in [-0.39, 0.29) is 0 Å². The monoisotopic (exact) mass is 335 g/mol. The molecule has 0 unspecified atom stereocenters. The molecular weight excluding hydrogens is 315 g/mol. The summed E-state index contributed by atoms with van der Waals surface area (Å²) in [7, 11) is -2.10. The van der Waals surface area contributed by atoms with Crippen molar-refractivity contribution in [1.29, 1.82) is 0 Å². The van der Waals surface area contributed by atoms with Gasteiger partial charge in [-0.05, 0) is 12.3 Å². The zero-order valence-electron chi connectivity index (χ0n) is 12.2. The molecule has 0 aliphatic rings. The first-order valence-corrected chi connectivity index (χ1v) is 7.19. The molecule has 0 aliphatic carbocycles. The highest BCUT2D eigenvalue weighted by molar-refractivity contribution is 7.86. The summed E-state index contributed by atoms with van der Waals surface area (Å²) in [6.45, 7) is 5.09. The molecule has 21 heavy (non-hydrogen) atoms. The Hall–Kier alpha value is -1.36. The lowest BCUT2D eigenvalue weighted by molar-refractivity contribution is -0.0510. The van der Waals surface area contributed by atoms with Crippen LogP contribution in [0.4, 0.5) is 13.2 Å². The van der Waals surface area contributed by atoms with Gasteiger partial charge in [0, 0.05) is 20.6 Å². The number of nitrogens with zero attached hydrogens (tertiary/aromatic N) is 3. The molecule has 0 saturated heterocycles. The summed E-state index contributed by atoms with van der Waals surface area (Å²) >= 11 is 0. The summed E-state index contributed by atoms with van der Waals surface area (Å²) in [6.07, 6.45) is 2.40. The maximum Gasteiger partial charge on any atom is 0.522 e. The molecule has 0 heterocycles. The van der Waals surface area contributed by atoms with E-state index in [2.05, 4.69) is 24.0 Å². The molecule has 11 heteroatoms.